The lowest BCUT2D eigenvalue weighted by Gasteiger charge is -2.13. The summed E-state index contributed by atoms with van der Waals surface area (Å²) in [6.07, 6.45) is 1.82. The molecule has 0 aliphatic heterocycles. The number of nitrogens with one attached hydrogen (secondary N) is 2. The van der Waals surface area contributed by atoms with Crippen LogP contribution in [0.1, 0.15) is 30.0 Å². The Kier molecular flexibility index (Phi) is 3.54. The van der Waals surface area contributed by atoms with E-state index in [4.69, 9.17) is 0 Å². The van der Waals surface area contributed by atoms with Crippen molar-refractivity contribution in [3.05, 3.63) is 53.4 Å². The van der Waals surface area contributed by atoms with Gasteiger partial charge in [-0.05, 0) is 31.5 Å². The SMILES string of the molecule is Cc1ncc(CNC(C)c2ccc(F)cc2)[nH]1. The Hall–Kier alpha value is -1.68. The number of hydrogen-bond donors (Lipinski definition) is 2. The Labute approximate surface area is 100 Å². The number of aromatic amines is 1. The van der Waals surface area contributed by atoms with E-state index < -0.39 is 0 Å². The third-order valence-corrected chi connectivity index (χ3v) is 2.72. The zero-order chi connectivity index (χ0) is 12.3. The van der Waals surface area contributed by atoms with E-state index in [0.717, 1.165) is 23.6 Å². The number of nitrogens with zero attached hydrogens (tertiary/aromatic N) is 1. The van der Waals surface area contributed by atoms with Crippen LogP contribution in [0.4, 0.5) is 4.39 Å². The van der Waals surface area contributed by atoms with Gasteiger partial charge < -0.3 is 10.3 Å². The molecule has 0 spiro atoms. The van der Waals surface area contributed by atoms with Gasteiger partial charge in [0.05, 0.1) is 0 Å². The largest absolute Gasteiger partial charge is 0.345 e. The van der Waals surface area contributed by atoms with Crippen LogP contribution in [0.2, 0.25) is 0 Å². The molecule has 0 aliphatic carbocycles. The Morgan fingerprint density at radius 2 is 2.06 bits per heavy atom. The minimum absolute atomic E-state index is 0.180. The van der Waals surface area contributed by atoms with E-state index >= 15 is 0 Å². The predicted octanol–water partition coefficient (Wildman–Crippen LogP) is 2.71. The lowest BCUT2D eigenvalue weighted by molar-refractivity contribution is 0.565. The van der Waals surface area contributed by atoms with Gasteiger partial charge in [0.15, 0.2) is 0 Å². The molecule has 4 heteroatoms. The third-order valence-electron chi connectivity index (χ3n) is 2.72. The number of aromatic nitrogens is 2. The van der Waals surface area contributed by atoms with Crippen LogP contribution in [0.15, 0.2) is 30.5 Å². The highest BCUT2D eigenvalue weighted by Gasteiger charge is 2.05. The maximum Gasteiger partial charge on any atom is 0.123 e. The van der Waals surface area contributed by atoms with E-state index in [1.165, 1.54) is 12.1 Å². The summed E-state index contributed by atoms with van der Waals surface area (Å²) in [5.74, 6) is 0.710. The van der Waals surface area contributed by atoms with Gasteiger partial charge in [-0.1, -0.05) is 12.1 Å². The van der Waals surface area contributed by atoms with Crippen molar-refractivity contribution < 1.29 is 4.39 Å². The van der Waals surface area contributed by atoms with Crippen molar-refractivity contribution in [2.45, 2.75) is 26.4 Å². The van der Waals surface area contributed by atoms with E-state index in [0.29, 0.717) is 0 Å². The van der Waals surface area contributed by atoms with Crippen molar-refractivity contribution in [2.75, 3.05) is 0 Å². The molecule has 3 nitrogen and oxygen atoms in total. The van der Waals surface area contributed by atoms with Crippen molar-refractivity contribution in [3.8, 4) is 0 Å². The molecule has 0 fully saturated rings. The summed E-state index contributed by atoms with van der Waals surface area (Å²) in [5.41, 5.74) is 2.12. The van der Waals surface area contributed by atoms with Crippen LogP contribution in [-0.4, -0.2) is 9.97 Å². The normalized spacial score (nSPS) is 12.6. The maximum atomic E-state index is 12.8. The van der Waals surface area contributed by atoms with Crippen LogP contribution in [-0.2, 0) is 6.54 Å². The number of aryl methyl sites for hydroxylation is 1. The first-order chi connectivity index (χ1) is 8.15. The van der Waals surface area contributed by atoms with Crippen LogP contribution < -0.4 is 5.32 Å². The molecule has 1 unspecified atom stereocenters. The number of H-pyrrole nitrogens is 1. The fraction of sp³-hybridized carbons (Fsp3) is 0.308. The zero-order valence-electron chi connectivity index (χ0n) is 10.00. The molecule has 17 heavy (non-hydrogen) atoms. The number of imidazole rings is 1. The average molecular weight is 233 g/mol. The molecule has 1 heterocycles. The Bertz CT molecular complexity index is 476. The van der Waals surface area contributed by atoms with E-state index in [-0.39, 0.29) is 11.9 Å². The molecule has 90 valence electrons. The smallest absolute Gasteiger partial charge is 0.123 e. The maximum absolute atomic E-state index is 12.8. The van der Waals surface area contributed by atoms with E-state index in [2.05, 4.69) is 22.2 Å². The first-order valence-electron chi connectivity index (χ1n) is 5.64. The quantitative estimate of drug-likeness (QED) is 0.852. The Morgan fingerprint density at radius 1 is 1.35 bits per heavy atom. The third kappa shape index (κ3) is 3.14. The minimum Gasteiger partial charge on any atom is -0.345 e. The zero-order valence-corrected chi connectivity index (χ0v) is 10.00. The second-order valence-electron chi connectivity index (χ2n) is 4.15. The Balaban J connectivity index is 1.93. The van der Waals surface area contributed by atoms with Crippen molar-refractivity contribution in [1.82, 2.24) is 15.3 Å². The van der Waals surface area contributed by atoms with Crippen LogP contribution >= 0.6 is 0 Å². The molecule has 1 aromatic carbocycles. The van der Waals surface area contributed by atoms with Gasteiger partial charge in [0, 0.05) is 24.5 Å². The van der Waals surface area contributed by atoms with Gasteiger partial charge in [-0.3, -0.25) is 0 Å². The summed E-state index contributed by atoms with van der Waals surface area (Å²) in [4.78, 5) is 7.29. The molecule has 0 bridgehead atoms. The molecule has 0 aliphatic rings. The molecular weight excluding hydrogens is 217 g/mol. The average Bonchev–Trinajstić information content (AvgIpc) is 2.73. The minimum atomic E-state index is -0.204. The van der Waals surface area contributed by atoms with Crippen LogP contribution in [0.25, 0.3) is 0 Å². The number of hydrogen-bond acceptors (Lipinski definition) is 2. The number of rotatable bonds is 4. The Morgan fingerprint density at radius 3 is 2.65 bits per heavy atom. The lowest BCUT2D eigenvalue weighted by atomic mass is 10.1. The number of benzene rings is 1. The van der Waals surface area contributed by atoms with Crippen LogP contribution in [0.3, 0.4) is 0 Å². The summed E-state index contributed by atoms with van der Waals surface area (Å²) in [6, 6.07) is 6.73. The standard InChI is InChI=1S/C13H16FN3/c1-9(11-3-5-12(14)6-4-11)15-7-13-8-16-10(2)17-13/h3-6,8-9,15H,7H2,1-2H3,(H,16,17). The molecule has 2 aromatic rings. The summed E-state index contributed by atoms with van der Waals surface area (Å²) >= 11 is 0. The molecule has 0 radical (unpaired) electrons. The van der Waals surface area contributed by atoms with Gasteiger partial charge >= 0.3 is 0 Å². The molecule has 2 rings (SSSR count). The topological polar surface area (TPSA) is 40.7 Å². The van der Waals surface area contributed by atoms with Crippen molar-refractivity contribution in [2.24, 2.45) is 0 Å². The highest BCUT2D eigenvalue weighted by molar-refractivity contribution is 5.19. The summed E-state index contributed by atoms with van der Waals surface area (Å²) in [7, 11) is 0. The molecule has 1 atom stereocenters. The van der Waals surface area contributed by atoms with E-state index in [1.807, 2.05) is 13.1 Å². The van der Waals surface area contributed by atoms with E-state index in [9.17, 15) is 4.39 Å². The van der Waals surface area contributed by atoms with Gasteiger partial charge in [0.1, 0.15) is 11.6 Å². The fourth-order valence-electron chi connectivity index (χ4n) is 1.69. The van der Waals surface area contributed by atoms with Crippen molar-refractivity contribution in [1.29, 1.82) is 0 Å². The molecule has 0 amide bonds. The van der Waals surface area contributed by atoms with Crippen LogP contribution in [0.5, 0.6) is 0 Å². The second kappa shape index (κ2) is 5.10. The summed E-state index contributed by atoms with van der Waals surface area (Å²) in [5, 5.41) is 3.35. The van der Waals surface area contributed by atoms with Gasteiger partial charge in [-0.15, -0.1) is 0 Å². The summed E-state index contributed by atoms with van der Waals surface area (Å²) < 4.78 is 12.8. The van der Waals surface area contributed by atoms with Crippen molar-refractivity contribution >= 4 is 0 Å². The molecule has 1 aromatic heterocycles. The van der Waals surface area contributed by atoms with Gasteiger partial charge in [0.2, 0.25) is 0 Å². The van der Waals surface area contributed by atoms with Crippen molar-refractivity contribution in [3.63, 3.8) is 0 Å². The predicted molar refractivity (Wildman–Crippen MR) is 65.0 cm³/mol. The monoisotopic (exact) mass is 233 g/mol. The second-order valence-corrected chi connectivity index (χ2v) is 4.15. The summed E-state index contributed by atoms with van der Waals surface area (Å²) in [6.45, 7) is 4.70. The first kappa shape index (κ1) is 11.8. The highest BCUT2D eigenvalue weighted by atomic mass is 19.1. The molecule has 0 saturated carbocycles. The van der Waals surface area contributed by atoms with Crippen LogP contribution in [0, 0.1) is 12.7 Å². The van der Waals surface area contributed by atoms with Gasteiger partial charge in [0.25, 0.3) is 0 Å². The van der Waals surface area contributed by atoms with E-state index in [1.54, 1.807) is 12.1 Å². The van der Waals surface area contributed by atoms with Gasteiger partial charge in [-0.25, -0.2) is 9.37 Å². The molecule has 0 saturated heterocycles. The highest BCUT2D eigenvalue weighted by Crippen LogP contribution is 2.13. The number of halogens is 1. The molecular formula is C13H16FN3. The lowest BCUT2D eigenvalue weighted by Crippen LogP contribution is -2.18. The van der Waals surface area contributed by atoms with Gasteiger partial charge in [-0.2, -0.15) is 0 Å². The fourth-order valence-corrected chi connectivity index (χ4v) is 1.69. The first-order valence-corrected chi connectivity index (χ1v) is 5.64. The molecule has 2 N–H and O–H groups in total.